The number of rotatable bonds is 4. The number of fused-ring (bicyclic) bond motifs is 1. The van der Waals surface area contributed by atoms with Crippen LogP contribution in [0.2, 0.25) is 5.02 Å². The van der Waals surface area contributed by atoms with Crippen molar-refractivity contribution in [2.75, 3.05) is 29.9 Å². The van der Waals surface area contributed by atoms with E-state index in [9.17, 15) is 14.4 Å². The van der Waals surface area contributed by atoms with Crippen LogP contribution in [0.15, 0.2) is 42.5 Å². The van der Waals surface area contributed by atoms with Gasteiger partial charge in [0.1, 0.15) is 6.54 Å². The molecular formula is C20H18ClN3O3. The first-order valence-electron chi connectivity index (χ1n) is 8.84. The van der Waals surface area contributed by atoms with Crippen molar-refractivity contribution in [3.8, 4) is 0 Å². The fraction of sp³-hybridized carbons (Fsp3) is 0.250. The molecule has 2 aliphatic rings. The van der Waals surface area contributed by atoms with E-state index in [0.717, 1.165) is 36.5 Å². The second-order valence-electron chi connectivity index (χ2n) is 6.65. The largest absolute Gasteiger partial charge is 0.370 e. The third-order valence-corrected chi connectivity index (χ3v) is 5.09. The monoisotopic (exact) mass is 383 g/mol. The van der Waals surface area contributed by atoms with E-state index in [-0.39, 0.29) is 6.54 Å². The first kappa shape index (κ1) is 17.5. The zero-order valence-corrected chi connectivity index (χ0v) is 15.3. The highest BCUT2D eigenvalue weighted by Crippen LogP contribution is 2.31. The summed E-state index contributed by atoms with van der Waals surface area (Å²) in [5, 5.41) is 3.32. The first-order chi connectivity index (χ1) is 13.0. The smallest absolute Gasteiger partial charge is 0.262 e. The fourth-order valence-corrected chi connectivity index (χ4v) is 3.73. The molecule has 0 aromatic heterocycles. The van der Waals surface area contributed by atoms with Crippen molar-refractivity contribution in [1.82, 2.24) is 4.90 Å². The molecule has 27 heavy (non-hydrogen) atoms. The van der Waals surface area contributed by atoms with Gasteiger partial charge in [0.05, 0.1) is 22.5 Å². The van der Waals surface area contributed by atoms with Gasteiger partial charge in [0.15, 0.2) is 0 Å². The highest BCUT2D eigenvalue weighted by molar-refractivity contribution is 6.31. The van der Waals surface area contributed by atoms with Crippen LogP contribution in [0.5, 0.6) is 0 Å². The second-order valence-corrected chi connectivity index (χ2v) is 7.08. The Morgan fingerprint density at radius 1 is 1.00 bits per heavy atom. The van der Waals surface area contributed by atoms with Gasteiger partial charge in [-0.3, -0.25) is 19.3 Å². The van der Waals surface area contributed by atoms with Gasteiger partial charge in [-0.05, 0) is 43.2 Å². The molecular weight excluding hydrogens is 366 g/mol. The molecule has 6 nitrogen and oxygen atoms in total. The van der Waals surface area contributed by atoms with Crippen LogP contribution in [-0.4, -0.2) is 42.3 Å². The predicted octanol–water partition coefficient (Wildman–Crippen LogP) is 3.17. The van der Waals surface area contributed by atoms with Crippen molar-refractivity contribution < 1.29 is 14.4 Å². The number of amides is 3. The lowest BCUT2D eigenvalue weighted by Crippen LogP contribution is -2.37. The first-order valence-corrected chi connectivity index (χ1v) is 9.22. The summed E-state index contributed by atoms with van der Waals surface area (Å²) in [6.45, 7) is 1.50. The Morgan fingerprint density at radius 3 is 2.26 bits per heavy atom. The molecule has 1 N–H and O–H groups in total. The van der Waals surface area contributed by atoms with E-state index in [4.69, 9.17) is 11.6 Å². The Balaban J connectivity index is 1.52. The van der Waals surface area contributed by atoms with Crippen molar-refractivity contribution in [2.24, 2.45) is 0 Å². The van der Waals surface area contributed by atoms with Gasteiger partial charge in [0, 0.05) is 18.1 Å². The van der Waals surface area contributed by atoms with Crippen molar-refractivity contribution >= 4 is 40.7 Å². The van der Waals surface area contributed by atoms with Gasteiger partial charge in [0.2, 0.25) is 5.91 Å². The number of benzene rings is 2. The molecule has 2 aromatic rings. The van der Waals surface area contributed by atoms with Gasteiger partial charge < -0.3 is 10.2 Å². The molecule has 0 bridgehead atoms. The zero-order valence-electron chi connectivity index (χ0n) is 14.6. The third kappa shape index (κ3) is 3.28. The Labute approximate surface area is 161 Å². The van der Waals surface area contributed by atoms with Crippen LogP contribution >= 0.6 is 11.6 Å². The summed E-state index contributed by atoms with van der Waals surface area (Å²) >= 11 is 6.10. The molecule has 0 saturated carbocycles. The number of anilines is 2. The Morgan fingerprint density at radius 2 is 1.63 bits per heavy atom. The van der Waals surface area contributed by atoms with E-state index >= 15 is 0 Å². The number of hydrogen-bond acceptors (Lipinski definition) is 4. The zero-order chi connectivity index (χ0) is 19.0. The summed E-state index contributed by atoms with van der Waals surface area (Å²) < 4.78 is 0. The number of halogens is 1. The number of nitrogens with zero attached hydrogens (tertiary/aromatic N) is 2. The summed E-state index contributed by atoms with van der Waals surface area (Å²) in [7, 11) is 0. The van der Waals surface area contributed by atoms with Gasteiger partial charge >= 0.3 is 0 Å². The Hall–Kier alpha value is -2.86. The molecule has 138 valence electrons. The molecule has 0 radical (unpaired) electrons. The molecule has 1 fully saturated rings. The maximum Gasteiger partial charge on any atom is 0.262 e. The average Bonchev–Trinajstić information content (AvgIpc) is 3.26. The molecule has 0 atom stereocenters. The number of carbonyl (C=O) groups is 3. The molecule has 7 heteroatoms. The maximum atomic E-state index is 12.6. The summed E-state index contributed by atoms with van der Waals surface area (Å²) in [4.78, 5) is 40.6. The fourth-order valence-electron chi connectivity index (χ4n) is 3.56. The van der Waals surface area contributed by atoms with Crippen molar-refractivity contribution in [1.29, 1.82) is 0 Å². The minimum Gasteiger partial charge on any atom is -0.370 e. The topological polar surface area (TPSA) is 69.7 Å². The number of nitrogens with one attached hydrogen (secondary N) is 1. The quantitative estimate of drug-likeness (QED) is 0.823. The van der Waals surface area contributed by atoms with Gasteiger partial charge in [-0.1, -0.05) is 23.7 Å². The highest BCUT2D eigenvalue weighted by Gasteiger charge is 2.36. The molecule has 4 rings (SSSR count). The van der Waals surface area contributed by atoms with E-state index in [2.05, 4.69) is 10.2 Å². The molecule has 1 saturated heterocycles. The standard InChI is InChI=1S/C20H18ClN3O3/c21-13-7-8-17(23-9-3-4-10-23)16(11-13)22-18(25)12-24-19(26)14-5-1-2-6-15(14)20(24)27/h1-2,5-8,11H,3-4,9-10,12H2,(H,22,25). The lowest BCUT2D eigenvalue weighted by Gasteiger charge is -2.22. The van der Waals surface area contributed by atoms with Crippen molar-refractivity contribution in [3.05, 3.63) is 58.6 Å². The summed E-state index contributed by atoms with van der Waals surface area (Å²) in [6.07, 6.45) is 2.20. The molecule has 2 aliphatic heterocycles. The summed E-state index contributed by atoms with van der Waals surface area (Å²) in [6, 6.07) is 11.9. The minimum atomic E-state index is -0.448. The number of imide groups is 1. The van der Waals surface area contributed by atoms with Gasteiger partial charge in [-0.15, -0.1) is 0 Å². The van der Waals surface area contributed by atoms with Crippen LogP contribution in [-0.2, 0) is 4.79 Å². The highest BCUT2D eigenvalue weighted by atomic mass is 35.5. The number of hydrogen-bond donors (Lipinski definition) is 1. The normalized spacial score (nSPS) is 16.0. The Kier molecular flexibility index (Phi) is 4.58. The summed E-state index contributed by atoms with van der Waals surface area (Å²) in [5.74, 6) is -1.33. The van der Waals surface area contributed by atoms with Crippen LogP contribution < -0.4 is 10.2 Å². The maximum absolute atomic E-state index is 12.6. The van der Waals surface area contributed by atoms with Crippen molar-refractivity contribution in [3.63, 3.8) is 0 Å². The predicted molar refractivity (Wildman–Crippen MR) is 103 cm³/mol. The third-order valence-electron chi connectivity index (χ3n) is 4.86. The van der Waals surface area contributed by atoms with Crippen LogP contribution in [0.25, 0.3) is 0 Å². The molecule has 2 aromatic carbocycles. The second kappa shape index (κ2) is 7.04. The van der Waals surface area contributed by atoms with E-state index in [0.29, 0.717) is 21.8 Å². The number of carbonyl (C=O) groups excluding carboxylic acids is 3. The van der Waals surface area contributed by atoms with E-state index in [1.165, 1.54) is 0 Å². The van der Waals surface area contributed by atoms with Gasteiger partial charge in [-0.2, -0.15) is 0 Å². The molecule has 0 aliphatic carbocycles. The van der Waals surface area contributed by atoms with Crippen molar-refractivity contribution in [2.45, 2.75) is 12.8 Å². The molecule has 2 heterocycles. The minimum absolute atomic E-state index is 0.329. The molecule has 3 amide bonds. The molecule has 0 unspecified atom stereocenters. The average molecular weight is 384 g/mol. The Bertz CT molecular complexity index is 903. The van der Waals surface area contributed by atoms with E-state index < -0.39 is 17.7 Å². The summed E-state index contributed by atoms with van der Waals surface area (Å²) in [5.41, 5.74) is 2.14. The lowest BCUT2D eigenvalue weighted by molar-refractivity contribution is -0.116. The van der Waals surface area contributed by atoms with Crippen LogP contribution in [0.3, 0.4) is 0 Å². The van der Waals surface area contributed by atoms with Gasteiger partial charge in [0.25, 0.3) is 11.8 Å². The van der Waals surface area contributed by atoms with Gasteiger partial charge in [-0.25, -0.2) is 0 Å². The molecule has 0 spiro atoms. The lowest BCUT2D eigenvalue weighted by atomic mass is 10.1. The van der Waals surface area contributed by atoms with E-state index in [1.54, 1.807) is 36.4 Å². The van der Waals surface area contributed by atoms with Crippen LogP contribution in [0.1, 0.15) is 33.6 Å². The van der Waals surface area contributed by atoms with Crippen LogP contribution in [0.4, 0.5) is 11.4 Å². The van der Waals surface area contributed by atoms with Crippen LogP contribution in [0, 0.1) is 0 Å². The van der Waals surface area contributed by atoms with E-state index in [1.807, 2.05) is 6.07 Å². The SMILES string of the molecule is O=C(CN1C(=O)c2ccccc2C1=O)Nc1cc(Cl)ccc1N1CCCC1.